The summed E-state index contributed by atoms with van der Waals surface area (Å²) in [6.07, 6.45) is 5.92. The summed E-state index contributed by atoms with van der Waals surface area (Å²) in [6, 6.07) is 9.99. The number of aromatic nitrogens is 1. The van der Waals surface area contributed by atoms with Crippen LogP contribution in [-0.4, -0.2) is 56.3 Å². The van der Waals surface area contributed by atoms with E-state index in [-0.39, 0.29) is 11.4 Å². The second kappa shape index (κ2) is 9.73. The summed E-state index contributed by atoms with van der Waals surface area (Å²) in [6.45, 7) is 9.36. The molecule has 4 heterocycles. The van der Waals surface area contributed by atoms with Gasteiger partial charge < -0.3 is 14.2 Å². The van der Waals surface area contributed by atoms with E-state index in [0.717, 1.165) is 54.0 Å². The number of carbonyl (C=O) groups is 1. The van der Waals surface area contributed by atoms with Crippen LogP contribution in [0, 0.1) is 25.2 Å². The van der Waals surface area contributed by atoms with Crippen LogP contribution in [0.3, 0.4) is 0 Å². The summed E-state index contributed by atoms with van der Waals surface area (Å²) in [4.78, 5) is 19.3. The van der Waals surface area contributed by atoms with Crippen LogP contribution >= 0.6 is 11.8 Å². The molecule has 2 aromatic rings. The third kappa shape index (κ3) is 4.91. The Morgan fingerprint density at radius 1 is 1.20 bits per heavy atom. The second-order valence-electron chi connectivity index (χ2n) is 9.32. The quantitative estimate of drug-likeness (QED) is 0.624. The maximum absolute atomic E-state index is 12.8. The van der Waals surface area contributed by atoms with Crippen molar-refractivity contribution in [3.63, 3.8) is 0 Å². The molecule has 9 heteroatoms. The first-order chi connectivity index (χ1) is 16.9. The molecule has 0 bridgehead atoms. The van der Waals surface area contributed by atoms with Crippen LogP contribution in [0.5, 0.6) is 5.75 Å². The molecule has 35 heavy (non-hydrogen) atoms. The van der Waals surface area contributed by atoms with Crippen molar-refractivity contribution in [1.29, 1.82) is 5.41 Å². The van der Waals surface area contributed by atoms with Crippen LogP contribution in [0.1, 0.15) is 36.6 Å². The van der Waals surface area contributed by atoms with Crippen molar-refractivity contribution in [3.8, 4) is 5.75 Å². The molecule has 0 radical (unpaired) electrons. The highest BCUT2D eigenvalue weighted by atomic mass is 32.2. The molecule has 3 aliphatic rings. The average molecular weight is 491 g/mol. The lowest BCUT2D eigenvalue weighted by atomic mass is 10.00. The summed E-state index contributed by atoms with van der Waals surface area (Å²) in [5.41, 5.74) is 3.37. The van der Waals surface area contributed by atoms with Gasteiger partial charge in [0.05, 0.1) is 12.1 Å². The number of aryl methyl sites for hydroxylation is 2. The van der Waals surface area contributed by atoms with Crippen LogP contribution in [-0.2, 0) is 11.3 Å². The smallest absolute Gasteiger partial charge is 0.283 e. The highest BCUT2D eigenvalue weighted by Gasteiger charge is 2.37. The normalized spacial score (nSPS) is 19.8. The number of fused-ring (bicyclic) bond motifs is 1. The zero-order chi connectivity index (χ0) is 24.5. The zero-order valence-corrected chi connectivity index (χ0v) is 21.1. The number of amides is 1. The number of hydrogen-bond acceptors (Lipinski definition) is 6. The maximum atomic E-state index is 12.8. The first-order valence-corrected chi connectivity index (χ1v) is 12.8. The van der Waals surface area contributed by atoms with Crippen LogP contribution < -0.4 is 4.74 Å². The molecule has 1 fully saturated rings. The minimum absolute atomic E-state index is 0.0622. The number of ether oxygens (including phenoxy) is 1. The summed E-state index contributed by atoms with van der Waals surface area (Å²) in [5.74, 6) is 1.25. The zero-order valence-electron chi connectivity index (χ0n) is 20.3. The van der Waals surface area contributed by atoms with E-state index in [4.69, 9.17) is 10.1 Å². The largest absolute Gasteiger partial charge is 0.491 e. The van der Waals surface area contributed by atoms with Crippen LogP contribution in [0.25, 0.3) is 6.08 Å². The Morgan fingerprint density at radius 3 is 2.77 bits per heavy atom. The predicted molar refractivity (Wildman–Crippen MR) is 141 cm³/mol. The maximum Gasteiger partial charge on any atom is 0.283 e. The first-order valence-electron chi connectivity index (χ1n) is 12.0. The molecule has 1 aromatic carbocycles. The number of rotatable bonds is 5. The molecule has 1 amide bonds. The molecule has 0 spiro atoms. The second-order valence-corrected chi connectivity index (χ2v) is 10.3. The number of aliphatic imine (C=N–C) groups is 1. The number of piperidine rings is 1. The third-order valence-corrected chi connectivity index (χ3v) is 7.54. The number of nitrogens with one attached hydrogen (secondary N) is 1. The number of nitrogens with zero attached hydrogens (tertiary/aromatic N) is 5. The van der Waals surface area contributed by atoms with Gasteiger partial charge in [0.25, 0.3) is 5.91 Å². The fraction of sp³-hybridized carbons (Fsp3) is 0.385. The molecule has 8 nitrogen and oxygen atoms in total. The van der Waals surface area contributed by atoms with Gasteiger partial charge in [-0.15, -0.1) is 5.10 Å². The number of amidine groups is 3. The fourth-order valence-electron chi connectivity index (χ4n) is 4.43. The van der Waals surface area contributed by atoms with Gasteiger partial charge >= 0.3 is 0 Å². The van der Waals surface area contributed by atoms with Crippen LogP contribution in [0.15, 0.2) is 52.2 Å². The van der Waals surface area contributed by atoms with Gasteiger partial charge in [0.2, 0.25) is 5.17 Å². The van der Waals surface area contributed by atoms with E-state index in [9.17, 15) is 4.79 Å². The lowest BCUT2D eigenvalue weighted by molar-refractivity contribution is -0.114. The third-order valence-electron chi connectivity index (χ3n) is 6.58. The number of hydrogen-bond donors (Lipinski definition) is 1. The Kier molecular flexibility index (Phi) is 6.51. The van der Waals surface area contributed by atoms with Gasteiger partial charge in [0, 0.05) is 25.0 Å². The van der Waals surface area contributed by atoms with E-state index in [1.807, 2.05) is 42.0 Å². The lowest BCUT2D eigenvalue weighted by Crippen LogP contribution is -2.36. The van der Waals surface area contributed by atoms with Gasteiger partial charge in [0.15, 0.2) is 11.0 Å². The molecule has 0 unspecified atom stereocenters. The van der Waals surface area contributed by atoms with Gasteiger partial charge in [-0.2, -0.15) is 10.0 Å². The molecule has 0 aliphatic carbocycles. The molecule has 0 atom stereocenters. The molecule has 1 saturated heterocycles. The summed E-state index contributed by atoms with van der Waals surface area (Å²) < 4.78 is 7.99. The Balaban J connectivity index is 1.29. The van der Waals surface area contributed by atoms with E-state index in [2.05, 4.69) is 34.9 Å². The molecule has 0 saturated carbocycles. The Bertz CT molecular complexity index is 1250. The molecule has 1 aromatic heterocycles. The molecule has 5 rings (SSSR count). The number of thioether (sulfide) groups is 1. The van der Waals surface area contributed by atoms with Gasteiger partial charge in [-0.1, -0.05) is 24.6 Å². The number of carbonyl (C=O) groups excluding carboxylic acids is 1. The number of benzene rings is 1. The van der Waals surface area contributed by atoms with Crippen molar-refractivity contribution >= 4 is 39.9 Å². The van der Waals surface area contributed by atoms with Gasteiger partial charge in [-0.3, -0.25) is 10.2 Å². The van der Waals surface area contributed by atoms with Crippen molar-refractivity contribution in [1.82, 2.24) is 14.5 Å². The standard InChI is InChI=1S/C26H30N6O2S/c1-17-8-11-31(12-9-17)26-29-32-23(27)21(24(33)28-25(32)35-26)16-20-5-4-10-30(20)13-14-34-22-7-6-18(2)15-19(22)3/h4-7,10,15-17,27H,8-9,11-14H2,1-3H3/b21-16+,27-23?. The predicted octanol–water partition coefficient (Wildman–Crippen LogP) is 4.49. The SMILES string of the molecule is Cc1ccc(OCCn2cccc2/C=C2\C(=N)N3N=C(N4CCC(C)CC4)SC3=NC2=O)c(C)c1. The van der Waals surface area contributed by atoms with Crippen molar-refractivity contribution in [2.45, 2.75) is 40.2 Å². The minimum atomic E-state index is -0.406. The van der Waals surface area contributed by atoms with Gasteiger partial charge in [0.1, 0.15) is 12.4 Å². The highest BCUT2D eigenvalue weighted by Crippen LogP contribution is 2.31. The monoisotopic (exact) mass is 490 g/mol. The van der Waals surface area contributed by atoms with Crippen molar-refractivity contribution < 1.29 is 9.53 Å². The van der Waals surface area contributed by atoms with E-state index < -0.39 is 5.91 Å². The van der Waals surface area contributed by atoms with Crippen LogP contribution in [0.2, 0.25) is 0 Å². The van der Waals surface area contributed by atoms with E-state index in [0.29, 0.717) is 18.3 Å². The number of hydrazone groups is 1. The molecule has 3 aliphatic heterocycles. The van der Waals surface area contributed by atoms with Gasteiger partial charge in [-0.05, 0) is 74.2 Å². The Hall–Kier alpha value is -3.33. The summed E-state index contributed by atoms with van der Waals surface area (Å²) >= 11 is 1.38. The average Bonchev–Trinajstić information content (AvgIpc) is 3.45. The van der Waals surface area contributed by atoms with E-state index in [1.54, 1.807) is 6.08 Å². The Morgan fingerprint density at radius 2 is 2.00 bits per heavy atom. The van der Waals surface area contributed by atoms with Gasteiger partial charge in [-0.25, -0.2) is 0 Å². The lowest BCUT2D eigenvalue weighted by Gasteiger charge is -2.30. The fourth-order valence-corrected chi connectivity index (χ4v) is 5.38. The van der Waals surface area contributed by atoms with Crippen LogP contribution in [0.4, 0.5) is 0 Å². The molecule has 182 valence electrons. The molecular formula is C26H30N6O2S. The van der Waals surface area contributed by atoms with E-state index >= 15 is 0 Å². The Labute approximate surface area is 209 Å². The first kappa shape index (κ1) is 23.4. The molecule has 1 N–H and O–H groups in total. The topological polar surface area (TPSA) is 86.3 Å². The van der Waals surface area contributed by atoms with Crippen molar-refractivity contribution in [2.24, 2.45) is 16.0 Å². The van der Waals surface area contributed by atoms with Crippen molar-refractivity contribution in [2.75, 3.05) is 19.7 Å². The van der Waals surface area contributed by atoms with E-state index in [1.165, 1.54) is 22.3 Å². The van der Waals surface area contributed by atoms with Crippen molar-refractivity contribution in [3.05, 3.63) is 58.9 Å². The highest BCUT2D eigenvalue weighted by molar-refractivity contribution is 8.26. The summed E-state index contributed by atoms with van der Waals surface area (Å²) in [5, 5.41) is 16.1. The number of likely N-dealkylation sites (tertiary alicyclic amines) is 1. The minimum Gasteiger partial charge on any atom is -0.491 e. The molecular weight excluding hydrogens is 460 g/mol. The summed E-state index contributed by atoms with van der Waals surface area (Å²) in [7, 11) is 0.